The summed E-state index contributed by atoms with van der Waals surface area (Å²) in [4.78, 5) is 6.46. The Bertz CT molecular complexity index is 300. The van der Waals surface area contributed by atoms with E-state index in [1.165, 1.54) is 0 Å². The molecule has 4 nitrogen and oxygen atoms in total. The molecule has 0 aromatic carbocycles. The highest BCUT2D eigenvalue weighted by Gasteiger charge is 2.09. The Morgan fingerprint density at radius 1 is 1.60 bits per heavy atom. The van der Waals surface area contributed by atoms with E-state index in [-0.39, 0.29) is 0 Å². The molecule has 0 amide bonds. The van der Waals surface area contributed by atoms with E-state index < -0.39 is 0 Å². The van der Waals surface area contributed by atoms with Crippen molar-refractivity contribution in [3.63, 3.8) is 0 Å². The van der Waals surface area contributed by atoms with Gasteiger partial charge in [0.2, 0.25) is 0 Å². The van der Waals surface area contributed by atoms with E-state index in [1.54, 1.807) is 6.20 Å². The van der Waals surface area contributed by atoms with Crippen LogP contribution >= 0.6 is 0 Å². The van der Waals surface area contributed by atoms with Crippen LogP contribution in [0.2, 0.25) is 0 Å². The minimum Gasteiger partial charge on any atom is -0.308 e. The Morgan fingerprint density at radius 2 is 2.33 bits per heavy atom. The van der Waals surface area contributed by atoms with Crippen LogP contribution in [-0.2, 0) is 6.54 Å². The topological polar surface area (TPSA) is 54.2 Å². The fourth-order valence-corrected chi connectivity index (χ4v) is 1.43. The number of nitrogen functional groups attached to an aromatic ring is 1. The normalized spacial score (nSPS) is 12.9. The van der Waals surface area contributed by atoms with E-state index in [1.807, 2.05) is 12.1 Å². The number of pyridine rings is 1. The van der Waals surface area contributed by atoms with Gasteiger partial charge < -0.3 is 5.43 Å². The van der Waals surface area contributed by atoms with Crippen LogP contribution in [-0.4, -0.2) is 23.0 Å². The third kappa shape index (κ3) is 3.18. The van der Waals surface area contributed by atoms with Crippen molar-refractivity contribution in [2.24, 2.45) is 5.84 Å². The molecule has 4 heteroatoms. The van der Waals surface area contributed by atoms with Gasteiger partial charge in [0.1, 0.15) is 5.82 Å². The Kier molecular flexibility index (Phi) is 4.52. The molecule has 0 saturated carbocycles. The molecule has 0 aliphatic rings. The van der Waals surface area contributed by atoms with Crippen LogP contribution in [0.3, 0.4) is 0 Å². The molecule has 0 aliphatic heterocycles. The fraction of sp³-hybridized carbons (Fsp3) is 0.545. The summed E-state index contributed by atoms with van der Waals surface area (Å²) in [7, 11) is 2.11. The summed E-state index contributed by atoms with van der Waals surface area (Å²) in [6, 6.07) is 4.54. The third-order valence-corrected chi connectivity index (χ3v) is 2.79. The third-order valence-electron chi connectivity index (χ3n) is 2.79. The Labute approximate surface area is 91.5 Å². The van der Waals surface area contributed by atoms with E-state index in [9.17, 15) is 0 Å². The van der Waals surface area contributed by atoms with Crippen molar-refractivity contribution in [3.8, 4) is 0 Å². The number of hydrazine groups is 1. The van der Waals surface area contributed by atoms with E-state index in [4.69, 9.17) is 5.84 Å². The lowest BCUT2D eigenvalue weighted by Crippen LogP contribution is -2.28. The van der Waals surface area contributed by atoms with Crippen molar-refractivity contribution in [2.45, 2.75) is 32.9 Å². The van der Waals surface area contributed by atoms with Gasteiger partial charge in [-0.25, -0.2) is 10.8 Å². The molecule has 1 rings (SSSR count). The van der Waals surface area contributed by atoms with Crippen molar-refractivity contribution >= 4 is 5.82 Å². The van der Waals surface area contributed by atoms with Crippen LogP contribution in [0.15, 0.2) is 18.3 Å². The van der Waals surface area contributed by atoms with Crippen LogP contribution in [0.25, 0.3) is 0 Å². The molecule has 0 spiro atoms. The average Bonchev–Trinajstić information content (AvgIpc) is 2.28. The van der Waals surface area contributed by atoms with E-state index in [2.05, 4.69) is 36.2 Å². The molecule has 1 atom stereocenters. The number of aromatic nitrogens is 1. The van der Waals surface area contributed by atoms with Crippen LogP contribution in [0.4, 0.5) is 5.82 Å². The van der Waals surface area contributed by atoms with Gasteiger partial charge >= 0.3 is 0 Å². The Balaban J connectivity index is 2.71. The van der Waals surface area contributed by atoms with Crippen LogP contribution in [0.5, 0.6) is 0 Å². The van der Waals surface area contributed by atoms with Crippen molar-refractivity contribution in [1.29, 1.82) is 0 Å². The molecule has 0 aliphatic carbocycles. The lowest BCUT2D eigenvalue weighted by atomic mass is 10.2. The quantitative estimate of drug-likeness (QED) is 0.570. The smallest absolute Gasteiger partial charge is 0.144 e. The van der Waals surface area contributed by atoms with Gasteiger partial charge in [-0.2, -0.15) is 0 Å². The first-order valence-electron chi connectivity index (χ1n) is 5.29. The molecule has 0 fully saturated rings. The average molecular weight is 208 g/mol. The second kappa shape index (κ2) is 5.68. The minimum absolute atomic E-state index is 0.566. The molecule has 15 heavy (non-hydrogen) atoms. The van der Waals surface area contributed by atoms with Crippen LogP contribution < -0.4 is 11.3 Å². The first kappa shape index (κ1) is 11.9. The van der Waals surface area contributed by atoms with Crippen LogP contribution in [0, 0.1) is 0 Å². The van der Waals surface area contributed by atoms with Crippen molar-refractivity contribution < 1.29 is 0 Å². The van der Waals surface area contributed by atoms with Gasteiger partial charge in [0.15, 0.2) is 0 Å². The van der Waals surface area contributed by atoms with Crippen molar-refractivity contribution in [1.82, 2.24) is 9.88 Å². The summed E-state index contributed by atoms with van der Waals surface area (Å²) in [5.74, 6) is 6.16. The SMILES string of the molecule is CCC(C)N(C)Cc1cccnc1NN. The van der Waals surface area contributed by atoms with Crippen molar-refractivity contribution in [2.75, 3.05) is 12.5 Å². The lowest BCUT2D eigenvalue weighted by molar-refractivity contribution is 0.244. The second-order valence-corrected chi connectivity index (χ2v) is 3.83. The first-order chi connectivity index (χ1) is 7.19. The predicted molar refractivity (Wildman–Crippen MR) is 63.3 cm³/mol. The molecular formula is C11H20N4. The highest BCUT2D eigenvalue weighted by molar-refractivity contribution is 5.42. The van der Waals surface area contributed by atoms with Crippen LogP contribution in [0.1, 0.15) is 25.8 Å². The number of nitrogens with two attached hydrogens (primary N) is 1. The summed E-state index contributed by atoms with van der Waals surface area (Å²) in [5.41, 5.74) is 3.75. The molecule has 84 valence electrons. The standard InChI is InChI=1S/C11H20N4/c1-4-9(2)15(3)8-10-6-5-7-13-11(10)14-12/h5-7,9H,4,8,12H2,1-3H3,(H,13,14). The van der Waals surface area contributed by atoms with Gasteiger partial charge in [-0.1, -0.05) is 13.0 Å². The molecule has 0 saturated heterocycles. The van der Waals surface area contributed by atoms with Gasteiger partial charge in [0, 0.05) is 24.3 Å². The Morgan fingerprint density at radius 3 is 2.93 bits per heavy atom. The first-order valence-corrected chi connectivity index (χ1v) is 5.29. The van der Waals surface area contributed by atoms with Gasteiger partial charge in [-0.3, -0.25) is 4.90 Å². The summed E-state index contributed by atoms with van der Waals surface area (Å²) >= 11 is 0. The molecule has 1 heterocycles. The number of hydrogen-bond donors (Lipinski definition) is 2. The summed E-state index contributed by atoms with van der Waals surface area (Å²) < 4.78 is 0. The van der Waals surface area contributed by atoms with Gasteiger partial charge in [-0.05, 0) is 26.5 Å². The zero-order chi connectivity index (χ0) is 11.3. The largest absolute Gasteiger partial charge is 0.308 e. The number of hydrogen-bond acceptors (Lipinski definition) is 4. The highest BCUT2D eigenvalue weighted by atomic mass is 15.3. The maximum atomic E-state index is 5.40. The predicted octanol–water partition coefficient (Wildman–Crippen LogP) is 1.60. The van der Waals surface area contributed by atoms with Gasteiger partial charge in [-0.15, -0.1) is 0 Å². The molecule has 1 aromatic heterocycles. The maximum Gasteiger partial charge on any atom is 0.144 e. The minimum atomic E-state index is 0.566. The molecule has 0 radical (unpaired) electrons. The van der Waals surface area contributed by atoms with Crippen molar-refractivity contribution in [3.05, 3.63) is 23.9 Å². The fourth-order valence-electron chi connectivity index (χ4n) is 1.43. The Hall–Kier alpha value is -1.13. The maximum absolute atomic E-state index is 5.40. The summed E-state index contributed by atoms with van der Waals surface area (Å²) in [6.07, 6.45) is 2.88. The molecule has 1 aromatic rings. The van der Waals surface area contributed by atoms with E-state index >= 15 is 0 Å². The van der Waals surface area contributed by atoms with E-state index in [0.717, 1.165) is 24.3 Å². The highest BCUT2D eigenvalue weighted by Crippen LogP contribution is 2.14. The molecular weight excluding hydrogens is 188 g/mol. The summed E-state index contributed by atoms with van der Waals surface area (Å²) in [5, 5.41) is 0. The molecule has 3 N–H and O–H groups in total. The molecule has 0 bridgehead atoms. The second-order valence-electron chi connectivity index (χ2n) is 3.83. The van der Waals surface area contributed by atoms with E-state index in [0.29, 0.717) is 6.04 Å². The number of anilines is 1. The van der Waals surface area contributed by atoms with Gasteiger partial charge in [0.25, 0.3) is 0 Å². The molecule has 1 unspecified atom stereocenters. The summed E-state index contributed by atoms with van der Waals surface area (Å²) in [6.45, 7) is 5.26. The monoisotopic (exact) mass is 208 g/mol. The van der Waals surface area contributed by atoms with Gasteiger partial charge in [0.05, 0.1) is 0 Å². The zero-order valence-corrected chi connectivity index (χ0v) is 9.70. The number of rotatable bonds is 5. The number of nitrogens with zero attached hydrogens (tertiary/aromatic N) is 2. The zero-order valence-electron chi connectivity index (χ0n) is 9.70. The number of nitrogens with one attached hydrogen (secondary N) is 1. The lowest BCUT2D eigenvalue weighted by Gasteiger charge is -2.24.